The van der Waals surface area contributed by atoms with E-state index < -0.39 is 5.97 Å². The number of urea groups is 1. The molecule has 1 aliphatic heterocycles. The van der Waals surface area contributed by atoms with E-state index in [2.05, 4.69) is 0 Å². The average molecular weight is 240 g/mol. The molecule has 0 atom stereocenters. The van der Waals surface area contributed by atoms with Crippen molar-refractivity contribution in [1.29, 1.82) is 0 Å². The summed E-state index contributed by atoms with van der Waals surface area (Å²) >= 11 is 0. The Bertz CT molecular complexity index is 337. The van der Waals surface area contributed by atoms with Crippen LogP contribution in [0.5, 0.6) is 0 Å². The maximum absolute atomic E-state index is 12.1. The van der Waals surface area contributed by atoms with Crippen molar-refractivity contribution in [3.8, 4) is 0 Å². The van der Waals surface area contributed by atoms with Gasteiger partial charge in [-0.15, -0.1) is 0 Å². The van der Waals surface area contributed by atoms with Gasteiger partial charge in [-0.05, 0) is 27.2 Å². The minimum absolute atomic E-state index is 0.106. The van der Waals surface area contributed by atoms with Crippen molar-refractivity contribution in [3.63, 3.8) is 0 Å². The Hall–Kier alpha value is -1.52. The molecular weight excluding hydrogens is 220 g/mol. The van der Waals surface area contributed by atoms with E-state index in [4.69, 9.17) is 5.11 Å². The molecule has 1 rings (SSSR count). The molecule has 0 unspecified atom stereocenters. The van der Waals surface area contributed by atoms with E-state index in [1.165, 1.54) is 10.5 Å². The Morgan fingerprint density at radius 2 is 2.18 bits per heavy atom. The highest BCUT2D eigenvalue weighted by atomic mass is 16.4. The van der Waals surface area contributed by atoms with E-state index in [0.717, 1.165) is 6.42 Å². The number of aliphatic carboxylic acids is 1. The predicted molar refractivity (Wildman–Crippen MR) is 64.8 cm³/mol. The monoisotopic (exact) mass is 240 g/mol. The lowest BCUT2D eigenvalue weighted by Crippen LogP contribution is -2.49. The quantitative estimate of drug-likeness (QED) is 0.761. The topological polar surface area (TPSA) is 60.9 Å². The molecule has 1 aliphatic rings. The summed E-state index contributed by atoms with van der Waals surface area (Å²) in [5, 5.41) is 8.80. The van der Waals surface area contributed by atoms with Crippen molar-refractivity contribution in [2.24, 2.45) is 0 Å². The zero-order valence-corrected chi connectivity index (χ0v) is 10.6. The van der Waals surface area contributed by atoms with Crippen LogP contribution in [0.2, 0.25) is 0 Å². The van der Waals surface area contributed by atoms with E-state index in [1.54, 1.807) is 4.90 Å². The Labute approximate surface area is 102 Å². The lowest BCUT2D eigenvalue weighted by molar-refractivity contribution is -0.138. The van der Waals surface area contributed by atoms with Gasteiger partial charge in [0.2, 0.25) is 0 Å². The first-order chi connectivity index (χ1) is 7.91. The van der Waals surface area contributed by atoms with Gasteiger partial charge in [0.05, 0.1) is 0 Å². The minimum atomic E-state index is -0.976. The van der Waals surface area contributed by atoms with E-state index in [-0.39, 0.29) is 18.6 Å². The third-order valence-corrected chi connectivity index (χ3v) is 2.88. The van der Waals surface area contributed by atoms with Gasteiger partial charge in [0.15, 0.2) is 0 Å². The highest BCUT2D eigenvalue weighted by Gasteiger charge is 2.25. The highest BCUT2D eigenvalue weighted by molar-refractivity contribution is 5.80. The van der Waals surface area contributed by atoms with Crippen molar-refractivity contribution in [2.45, 2.75) is 33.2 Å². The Kier molecular flexibility index (Phi) is 4.54. The molecule has 0 radical (unpaired) electrons. The molecule has 0 spiro atoms. The fraction of sp³-hybridized carbons (Fsp3) is 0.667. The Morgan fingerprint density at radius 3 is 2.59 bits per heavy atom. The number of hydrogen-bond acceptors (Lipinski definition) is 2. The van der Waals surface area contributed by atoms with Crippen LogP contribution in [0.15, 0.2) is 11.6 Å². The smallest absolute Gasteiger partial charge is 0.323 e. The normalized spacial score (nSPS) is 15.8. The number of amides is 2. The first kappa shape index (κ1) is 13.5. The number of nitrogens with zero attached hydrogens (tertiary/aromatic N) is 2. The molecule has 96 valence electrons. The molecule has 0 aromatic carbocycles. The molecule has 5 heteroatoms. The summed E-state index contributed by atoms with van der Waals surface area (Å²) in [6, 6.07) is -0.295. The maximum atomic E-state index is 12.1. The fourth-order valence-corrected chi connectivity index (χ4v) is 1.74. The molecule has 0 aromatic rings. The molecule has 1 N–H and O–H groups in total. The zero-order valence-electron chi connectivity index (χ0n) is 10.6. The molecule has 2 amide bonds. The Balaban J connectivity index is 2.68. The summed E-state index contributed by atoms with van der Waals surface area (Å²) in [7, 11) is 0. The molecular formula is C12H20N2O3. The fourth-order valence-electron chi connectivity index (χ4n) is 1.74. The molecule has 0 bridgehead atoms. The number of carboxylic acid groups (broad SMARTS) is 1. The van der Waals surface area contributed by atoms with Gasteiger partial charge in [-0.3, -0.25) is 4.79 Å². The summed E-state index contributed by atoms with van der Waals surface area (Å²) in [5.41, 5.74) is 1.28. The number of carboxylic acids is 1. The van der Waals surface area contributed by atoms with Gasteiger partial charge < -0.3 is 14.9 Å². The third kappa shape index (κ3) is 3.76. The van der Waals surface area contributed by atoms with Crippen molar-refractivity contribution in [1.82, 2.24) is 9.80 Å². The number of rotatable bonds is 3. The second kappa shape index (κ2) is 5.70. The number of hydrogen-bond donors (Lipinski definition) is 1. The van der Waals surface area contributed by atoms with E-state index in [9.17, 15) is 9.59 Å². The van der Waals surface area contributed by atoms with Crippen LogP contribution < -0.4 is 0 Å². The van der Waals surface area contributed by atoms with Crippen molar-refractivity contribution in [2.75, 3.05) is 19.6 Å². The zero-order chi connectivity index (χ0) is 13.0. The second-order valence-electron chi connectivity index (χ2n) is 4.64. The summed E-state index contributed by atoms with van der Waals surface area (Å²) in [6.07, 6.45) is 2.88. The van der Waals surface area contributed by atoms with Crippen molar-refractivity contribution in [3.05, 3.63) is 11.6 Å². The van der Waals surface area contributed by atoms with Crippen LogP contribution in [0.1, 0.15) is 27.2 Å². The Morgan fingerprint density at radius 1 is 1.53 bits per heavy atom. The van der Waals surface area contributed by atoms with Crippen LogP contribution in [0.3, 0.4) is 0 Å². The summed E-state index contributed by atoms with van der Waals surface area (Å²) in [6.45, 7) is 6.70. The number of carbonyl (C=O) groups excluding carboxylic acids is 1. The second-order valence-corrected chi connectivity index (χ2v) is 4.64. The van der Waals surface area contributed by atoms with Gasteiger partial charge in [-0.2, -0.15) is 0 Å². The van der Waals surface area contributed by atoms with Gasteiger partial charge in [0.1, 0.15) is 6.54 Å². The lowest BCUT2D eigenvalue weighted by Gasteiger charge is -2.33. The first-order valence-electron chi connectivity index (χ1n) is 5.84. The van der Waals surface area contributed by atoms with E-state index in [0.29, 0.717) is 13.1 Å². The molecule has 5 nitrogen and oxygen atoms in total. The van der Waals surface area contributed by atoms with Gasteiger partial charge >= 0.3 is 12.0 Å². The largest absolute Gasteiger partial charge is 0.480 e. The molecule has 0 saturated carbocycles. The standard InChI is InChI=1S/C12H20N2O3/c1-9(2)14(8-11(15)16)12(17)13-6-4-10(3)5-7-13/h4,9H,5-8H2,1-3H3,(H,15,16). The summed E-state index contributed by atoms with van der Waals surface area (Å²) < 4.78 is 0. The van der Waals surface area contributed by atoms with Gasteiger partial charge in [-0.25, -0.2) is 4.79 Å². The molecule has 17 heavy (non-hydrogen) atoms. The van der Waals surface area contributed by atoms with Crippen LogP contribution in [0.4, 0.5) is 4.79 Å². The van der Waals surface area contributed by atoms with E-state index in [1.807, 2.05) is 26.8 Å². The summed E-state index contributed by atoms with van der Waals surface area (Å²) in [4.78, 5) is 25.9. The van der Waals surface area contributed by atoms with Gasteiger partial charge in [-0.1, -0.05) is 11.6 Å². The van der Waals surface area contributed by atoms with Crippen LogP contribution in [-0.4, -0.2) is 52.6 Å². The van der Waals surface area contributed by atoms with Crippen LogP contribution in [0.25, 0.3) is 0 Å². The van der Waals surface area contributed by atoms with Gasteiger partial charge in [0, 0.05) is 19.1 Å². The molecule has 0 aromatic heterocycles. The van der Waals surface area contributed by atoms with Crippen molar-refractivity contribution >= 4 is 12.0 Å². The molecule has 0 fully saturated rings. The highest BCUT2D eigenvalue weighted by Crippen LogP contribution is 2.13. The molecule has 0 saturated heterocycles. The van der Waals surface area contributed by atoms with Crippen LogP contribution >= 0.6 is 0 Å². The van der Waals surface area contributed by atoms with Crippen LogP contribution in [0, 0.1) is 0 Å². The maximum Gasteiger partial charge on any atom is 0.323 e. The third-order valence-electron chi connectivity index (χ3n) is 2.88. The average Bonchev–Trinajstić information content (AvgIpc) is 2.25. The van der Waals surface area contributed by atoms with Gasteiger partial charge in [0.25, 0.3) is 0 Å². The van der Waals surface area contributed by atoms with Crippen LogP contribution in [-0.2, 0) is 4.79 Å². The first-order valence-corrected chi connectivity index (χ1v) is 5.84. The predicted octanol–water partition coefficient (Wildman–Crippen LogP) is 1.55. The number of carbonyl (C=O) groups is 2. The molecule has 0 aliphatic carbocycles. The van der Waals surface area contributed by atoms with E-state index >= 15 is 0 Å². The summed E-state index contributed by atoms with van der Waals surface area (Å²) in [5.74, 6) is -0.976. The molecule has 1 heterocycles. The lowest BCUT2D eigenvalue weighted by atomic mass is 10.1. The minimum Gasteiger partial charge on any atom is -0.480 e. The SMILES string of the molecule is CC1=CCN(C(=O)N(CC(=O)O)C(C)C)CC1. The van der Waals surface area contributed by atoms with Crippen molar-refractivity contribution < 1.29 is 14.7 Å².